The van der Waals surface area contributed by atoms with Gasteiger partial charge in [0.1, 0.15) is 5.76 Å². The highest BCUT2D eigenvalue weighted by Gasteiger charge is 2.22. The Labute approximate surface area is 135 Å². The van der Waals surface area contributed by atoms with Crippen molar-refractivity contribution in [3.8, 4) is 0 Å². The minimum atomic E-state index is 0.0213. The number of aromatic nitrogens is 2. The average molecular weight is 315 g/mol. The zero-order chi connectivity index (χ0) is 16.1. The van der Waals surface area contributed by atoms with Gasteiger partial charge in [-0.25, -0.2) is 9.97 Å². The van der Waals surface area contributed by atoms with Gasteiger partial charge >= 0.3 is 0 Å². The Morgan fingerprint density at radius 1 is 1.26 bits per heavy atom. The summed E-state index contributed by atoms with van der Waals surface area (Å²) in [7, 11) is 0. The molecule has 0 unspecified atom stereocenters. The van der Waals surface area contributed by atoms with E-state index in [0.717, 1.165) is 24.8 Å². The molecule has 0 spiro atoms. The lowest BCUT2D eigenvalue weighted by Gasteiger charge is -2.34. The second kappa shape index (κ2) is 7.23. The number of hydrogen-bond acceptors (Lipinski definition) is 6. The maximum Gasteiger partial charge on any atom is 0.236 e. The molecule has 23 heavy (non-hydrogen) atoms. The maximum atomic E-state index is 12.3. The van der Waals surface area contributed by atoms with E-state index < -0.39 is 0 Å². The predicted octanol–water partition coefficient (Wildman–Crippen LogP) is 1.07. The molecule has 122 valence electrons. The van der Waals surface area contributed by atoms with Crippen LogP contribution in [0.4, 0.5) is 5.95 Å². The molecule has 0 aliphatic carbocycles. The molecule has 0 bridgehead atoms. The average Bonchev–Trinajstić information content (AvgIpc) is 3.15. The fourth-order valence-electron chi connectivity index (χ4n) is 2.60. The van der Waals surface area contributed by atoms with Gasteiger partial charge in [0.05, 0.1) is 18.8 Å². The summed E-state index contributed by atoms with van der Waals surface area (Å²) in [5.74, 6) is 1.67. The van der Waals surface area contributed by atoms with Crippen molar-refractivity contribution in [2.45, 2.75) is 13.0 Å². The normalized spacial score (nSPS) is 16.4. The highest BCUT2D eigenvalue weighted by molar-refractivity contribution is 5.78. The molecular formula is C16H21N5O2. The number of hydrogen-bond donors (Lipinski definition) is 1. The molecule has 7 heteroatoms. The molecule has 3 heterocycles. The minimum absolute atomic E-state index is 0.0213. The molecule has 1 N–H and O–H groups in total. The SMILES string of the molecule is C[C@H](NCC(=O)N1CCN(c2ncccn2)CC1)c1ccco1. The third-order valence-electron chi connectivity index (χ3n) is 4.00. The van der Waals surface area contributed by atoms with Crippen molar-refractivity contribution >= 4 is 11.9 Å². The first-order valence-electron chi connectivity index (χ1n) is 7.80. The predicted molar refractivity (Wildman–Crippen MR) is 86.0 cm³/mol. The summed E-state index contributed by atoms with van der Waals surface area (Å²) in [5, 5.41) is 3.20. The monoisotopic (exact) mass is 315 g/mol. The van der Waals surface area contributed by atoms with Gasteiger partial charge in [-0.3, -0.25) is 10.1 Å². The summed E-state index contributed by atoms with van der Waals surface area (Å²) >= 11 is 0. The smallest absolute Gasteiger partial charge is 0.236 e. The van der Waals surface area contributed by atoms with Gasteiger partial charge in [-0.2, -0.15) is 0 Å². The molecular weight excluding hydrogens is 294 g/mol. The van der Waals surface area contributed by atoms with Crippen LogP contribution in [0.25, 0.3) is 0 Å². The standard InChI is InChI=1S/C16H21N5O2/c1-13(14-4-2-11-23-14)19-12-15(22)20-7-9-21(10-8-20)16-17-5-3-6-18-16/h2-6,11,13,19H,7-10,12H2,1H3/t13-/m0/s1. The van der Waals surface area contributed by atoms with Gasteiger partial charge in [0.25, 0.3) is 0 Å². The third-order valence-corrected chi connectivity index (χ3v) is 4.00. The number of carbonyl (C=O) groups excluding carboxylic acids is 1. The Morgan fingerprint density at radius 3 is 2.65 bits per heavy atom. The van der Waals surface area contributed by atoms with Crippen molar-refractivity contribution in [2.24, 2.45) is 0 Å². The summed E-state index contributed by atoms with van der Waals surface area (Å²) in [4.78, 5) is 24.8. The molecule has 0 radical (unpaired) electrons. The van der Waals surface area contributed by atoms with Crippen molar-refractivity contribution in [3.05, 3.63) is 42.6 Å². The quantitative estimate of drug-likeness (QED) is 0.889. The van der Waals surface area contributed by atoms with E-state index in [2.05, 4.69) is 20.2 Å². The minimum Gasteiger partial charge on any atom is -0.468 e. The van der Waals surface area contributed by atoms with E-state index in [4.69, 9.17) is 4.42 Å². The number of carbonyl (C=O) groups is 1. The zero-order valence-corrected chi connectivity index (χ0v) is 13.2. The van der Waals surface area contributed by atoms with E-state index in [9.17, 15) is 4.79 Å². The van der Waals surface area contributed by atoms with Crippen LogP contribution in [0.3, 0.4) is 0 Å². The second-order valence-electron chi connectivity index (χ2n) is 5.53. The lowest BCUT2D eigenvalue weighted by molar-refractivity contribution is -0.130. The lowest BCUT2D eigenvalue weighted by atomic mass is 10.2. The molecule has 1 aliphatic rings. The van der Waals surface area contributed by atoms with Crippen molar-refractivity contribution < 1.29 is 9.21 Å². The van der Waals surface area contributed by atoms with Crippen LogP contribution in [0, 0.1) is 0 Å². The zero-order valence-electron chi connectivity index (χ0n) is 13.2. The molecule has 1 atom stereocenters. The van der Waals surface area contributed by atoms with Crippen LogP contribution in [-0.2, 0) is 4.79 Å². The van der Waals surface area contributed by atoms with Crippen LogP contribution in [0.5, 0.6) is 0 Å². The van der Waals surface area contributed by atoms with Crippen LogP contribution < -0.4 is 10.2 Å². The molecule has 1 aliphatic heterocycles. The number of nitrogens with zero attached hydrogens (tertiary/aromatic N) is 4. The van der Waals surface area contributed by atoms with Crippen molar-refractivity contribution in [1.29, 1.82) is 0 Å². The van der Waals surface area contributed by atoms with E-state index in [1.54, 1.807) is 24.7 Å². The van der Waals surface area contributed by atoms with E-state index in [-0.39, 0.29) is 11.9 Å². The van der Waals surface area contributed by atoms with Crippen molar-refractivity contribution in [2.75, 3.05) is 37.6 Å². The van der Waals surface area contributed by atoms with Gasteiger partial charge in [-0.1, -0.05) is 0 Å². The molecule has 2 aromatic heterocycles. The Bertz CT molecular complexity index is 609. The van der Waals surface area contributed by atoms with Gasteiger partial charge in [-0.15, -0.1) is 0 Å². The molecule has 2 aromatic rings. The lowest BCUT2D eigenvalue weighted by Crippen LogP contribution is -2.51. The number of nitrogens with one attached hydrogen (secondary N) is 1. The Balaban J connectivity index is 1.45. The summed E-state index contributed by atoms with van der Waals surface area (Å²) in [6.07, 6.45) is 5.11. The summed E-state index contributed by atoms with van der Waals surface area (Å²) in [6.45, 7) is 5.18. The number of furan rings is 1. The van der Waals surface area contributed by atoms with Crippen LogP contribution in [0.15, 0.2) is 41.3 Å². The fourth-order valence-corrected chi connectivity index (χ4v) is 2.60. The first-order valence-corrected chi connectivity index (χ1v) is 7.80. The molecule has 7 nitrogen and oxygen atoms in total. The number of amides is 1. The van der Waals surface area contributed by atoms with E-state index >= 15 is 0 Å². The van der Waals surface area contributed by atoms with Crippen LogP contribution in [-0.4, -0.2) is 53.5 Å². The second-order valence-corrected chi connectivity index (χ2v) is 5.53. The largest absolute Gasteiger partial charge is 0.468 e. The van der Waals surface area contributed by atoms with Crippen LogP contribution >= 0.6 is 0 Å². The Morgan fingerprint density at radius 2 is 2.00 bits per heavy atom. The van der Waals surface area contributed by atoms with E-state index in [0.29, 0.717) is 19.6 Å². The highest BCUT2D eigenvalue weighted by Crippen LogP contribution is 2.12. The summed E-state index contributed by atoms with van der Waals surface area (Å²) < 4.78 is 5.33. The Kier molecular flexibility index (Phi) is 4.87. The van der Waals surface area contributed by atoms with E-state index in [1.165, 1.54) is 0 Å². The number of anilines is 1. The fraction of sp³-hybridized carbons (Fsp3) is 0.438. The van der Waals surface area contributed by atoms with Crippen molar-refractivity contribution in [1.82, 2.24) is 20.2 Å². The van der Waals surface area contributed by atoms with E-state index in [1.807, 2.05) is 24.0 Å². The summed E-state index contributed by atoms with van der Waals surface area (Å²) in [6, 6.07) is 5.57. The van der Waals surface area contributed by atoms with Gasteiger partial charge in [0.15, 0.2) is 0 Å². The van der Waals surface area contributed by atoms with Gasteiger partial charge in [0.2, 0.25) is 11.9 Å². The molecule has 0 saturated carbocycles. The molecule has 1 amide bonds. The van der Waals surface area contributed by atoms with Gasteiger partial charge in [-0.05, 0) is 25.1 Å². The summed E-state index contributed by atoms with van der Waals surface area (Å²) in [5.41, 5.74) is 0. The van der Waals surface area contributed by atoms with Crippen LogP contribution in [0.2, 0.25) is 0 Å². The molecule has 1 saturated heterocycles. The molecule has 1 fully saturated rings. The molecule has 3 rings (SSSR count). The van der Waals surface area contributed by atoms with Crippen LogP contribution in [0.1, 0.15) is 18.7 Å². The number of piperazine rings is 1. The number of rotatable bonds is 5. The maximum absolute atomic E-state index is 12.3. The molecule has 0 aromatic carbocycles. The highest BCUT2D eigenvalue weighted by atomic mass is 16.3. The topological polar surface area (TPSA) is 74.5 Å². The Hall–Kier alpha value is -2.41. The first-order chi connectivity index (χ1) is 11.2. The third kappa shape index (κ3) is 3.87. The first kappa shape index (κ1) is 15.5. The van der Waals surface area contributed by atoms with Crippen molar-refractivity contribution in [3.63, 3.8) is 0 Å². The van der Waals surface area contributed by atoms with Gasteiger partial charge < -0.3 is 14.2 Å². The van der Waals surface area contributed by atoms with Gasteiger partial charge in [0, 0.05) is 38.6 Å².